The van der Waals surface area contributed by atoms with Crippen molar-refractivity contribution < 1.29 is 26.7 Å². The molecule has 0 saturated carbocycles. The van der Waals surface area contributed by atoms with Crippen LogP contribution in [-0.2, 0) is 22.8 Å². The molecule has 1 aliphatic carbocycles. The Morgan fingerprint density at radius 3 is 2.39 bits per heavy atom. The Labute approximate surface area is 234 Å². The zero-order valence-electron chi connectivity index (χ0n) is 23.1. The Bertz CT molecular complexity index is 1960. The van der Waals surface area contributed by atoms with Gasteiger partial charge in [0.1, 0.15) is 11.5 Å². The molecule has 2 aromatic carbocycles. The van der Waals surface area contributed by atoms with Gasteiger partial charge in [-0.1, -0.05) is 52.0 Å². The van der Waals surface area contributed by atoms with Crippen LogP contribution >= 0.6 is 0 Å². The molecule has 5 heterocycles. The first kappa shape index (κ1) is 24.7. The highest BCUT2D eigenvalue weighted by atomic mass is 19.4. The Morgan fingerprint density at radius 2 is 1.66 bits per heavy atom. The van der Waals surface area contributed by atoms with Gasteiger partial charge in [0.25, 0.3) is 0 Å². The van der Waals surface area contributed by atoms with Crippen molar-refractivity contribution in [1.29, 1.82) is 0 Å². The van der Waals surface area contributed by atoms with Crippen LogP contribution in [-0.4, -0.2) is 9.78 Å². The molecule has 5 aromatic rings. The molecule has 206 valence electrons. The summed E-state index contributed by atoms with van der Waals surface area (Å²) in [6, 6.07) is 18.3. The van der Waals surface area contributed by atoms with Gasteiger partial charge in [-0.3, -0.25) is 0 Å². The van der Waals surface area contributed by atoms with E-state index in [4.69, 9.17) is 0 Å². The standard InChI is InChI=1S/C33H28F4N4/c1-5-31(6-2)21-13-14-22(34)28-27(21)29-26-19(10-9-11-20(26)30(28,3)4)15-17-40(29)33(31)39-16-8-7-12-23(39)24-18-25(32(35,36)37)38-41(24)33/h7-18H,5-6H2,1-4H3/q+2. The van der Waals surface area contributed by atoms with Crippen molar-refractivity contribution in [3.63, 3.8) is 0 Å². The zero-order valence-corrected chi connectivity index (χ0v) is 23.1. The van der Waals surface area contributed by atoms with Gasteiger partial charge in [0.05, 0.1) is 10.9 Å². The Balaban J connectivity index is 1.67. The molecule has 8 heteroatoms. The molecule has 0 saturated heterocycles. The van der Waals surface area contributed by atoms with Gasteiger partial charge in [0.2, 0.25) is 11.4 Å². The molecule has 3 aromatic heterocycles. The number of nitrogens with zero attached hydrogens (tertiary/aromatic N) is 4. The molecule has 0 bridgehead atoms. The van der Waals surface area contributed by atoms with E-state index in [0.717, 1.165) is 39.2 Å². The van der Waals surface area contributed by atoms with Crippen molar-refractivity contribution in [2.45, 2.75) is 63.3 Å². The Kier molecular flexibility index (Phi) is 4.46. The third-order valence-electron chi connectivity index (χ3n) is 10.1. The first-order chi connectivity index (χ1) is 19.5. The number of rotatable bonds is 2. The van der Waals surface area contributed by atoms with Gasteiger partial charge in [-0.2, -0.15) is 18.3 Å². The normalized spacial score (nSPS) is 20.4. The van der Waals surface area contributed by atoms with E-state index in [-0.39, 0.29) is 5.82 Å². The fourth-order valence-corrected chi connectivity index (χ4v) is 8.45. The Hall–Kier alpha value is -4.07. The fourth-order valence-electron chi connectivity index (χ4n) is 8.45. The lowest BCUT2D eigenvalue weighted by Gasteiger charge is -2.46. The van der Waals surface area contributed by atoms with Gasteiger partial charge in [0, 0.05) is 35.2 Å². The second-order valence-electron chi connectivity index (χ2n) is 12.0. The molecule has 1 atom stereocenters. The van der Waals surface area contributed by atoms with E-state index in [2.05, 4.69) is 41.9 Å². The maximum Gasteiger partial charge on any atom is 0.478 e. The SMILES string of the molecule is CCC1(CC)c2ccc(F)c3c2-c2c4c(cccc4cc[n+]2C12n1nc(C(F)(F)F)cc1-c1cccc[n+]12)C3(C)C. The lowest BCUT2D eigenvalue weighted by molar-refractivity contribution is -1.000. The topological polar surface area (TPSA) is 25.6 Å². The van der Waals surface area contributed by atoms with Crippen molar-refractivity contribution >= 4 is 10.8 Å². The summed E-state index contributed by atoms with van der Waals surface area (Å²) in [4.78, 5) is 0. The second kappa shape index (κ2) is 7.41. The second-order valence-corrected chi connectivity index (χ2v) is 12.0. The average Bonchev–Trinajstić information content (AvgIpc) is 3.51. The quantitative estimate of drug-likeness (QED) is 0.173. The van der Waals surface area contributed by atoms with Gasteiger partial charge >= 0.3 is 12.0 Å². The summed E-state index contributed by atoms with van der Waals surface area (Å²) in [7, 11) is 0. The van der Waals surface area contributed by atoms with Gasteiger partial charge < -0.3 is 0 Å². The van der Waals surface area contributed by atoms with Crippen LogP contribution in [0.15, 0.2) is 73.1 Å². The molecule has 4 nitrogen and oxygen atoms in total. The van der Waals surface area contributed by atoms with Crippen molar-refractivity contribution in [3.05, 3.63) is 101 Å². The molecule has 1 spiro atoms. The first-order valence-corrected chi connectivity index (χ1v) is 14.1. The molecule has 41 heavy (non-hydrogen) atoms. The first-order valence-electron chi connectivity index (χ1n) is 14.1. The summed E-state index contributed by atoms with van der Waals surface area (Å²) >= 11 is 0. The van der Waals surface area contributed by atoms with Crippen LogP contribution in [0.25, 0.3) is 33.4 Å². The van der Waals surface area contributed by atoms with E-state index in [9.17, 15) is 13.2 Å². The van der Waals surface area contributed by atoms with E-state index in [1.807, 2.05) is 60.9 Å². The molecule has 0 fully saturated rings. The number of hydrogen-bond acceptors (Lipinski definition) is 1. The van der Waals surface area contributed by atoms with Gasteiger partial charge in [-0.05, 0) is 41.5 Å². The lowest BCUT2D eigenvalue weighted by atomic mass is 9.60. The van der Waals surface area contributed by atoms with E-state index < -0.39 is 28.5 Å². The number of benzene rings is 2. The summed E-state index contributed by atoms with van der Waals surface area (Å²) in [6.45, 7) is 8.27. The Morgan fingerprint density at radius 1 is 0.878 bits per heavy atom. The highest BCUT2D eigenvalue weighted by Crippen LogP contribution is 2.59. The highest BCUT2D eigenvalue weighted by molar-refractivity contribution is 6.01. The predicted octanol–water partition coefficient (Wildman–Crippen LogP) is 6.83. The monoisotopic (exact) mass is 556 g/mol. The van der Waals surface area contributed by atoms with Gasteiger partial charge in [0.15, 0.2) is 23.5 Å². The minimum Gasteiger partial charge on any atom is -0.207 e. The predicted molar refractivity (Wildman–Crippen MR) is 146 cm³/mol. The lowest BCUT2D eigenvalue weighted by Crippen LogP contribution is -2.85. The minimum atomic E-state index is -4.61. The highest BCUT2D eigenvalue weighted by Gasteiger charge is 2.77. The molecular weight excluding hydrogens is 528 g/mol. The molecule has 8 rings (SSSR count). The molecule has 0 radical (unpaired) electrons. The smallest absolute Gasteiger partial charge is 0.207 e. The largest absolute Gasteiger partial charge is 0.478 e. The van der Waals surface area contributed by atoms with E-state index in [1.54, 1.807) is 10.7 Å². The fraction of sp³-hybridized carbons (Fsp3) is 0.303. The summed E-state index contributed by atoms with van der Waals surface area (Å²) in [5, 5.41) is 6.36. The van der Waals surface area contributed by atoms with Crippen LogP contribution < -0.4 is 9.13 Å². The summed E-state index contributed by atoms with van der Waals surface area (Å²) in [5.74, 6) is -1.51. The third kappa shape index (κ3) is 2.53. The summed E-state index contributed by atoms with van der Waals surface area (Å²) in [5.41, 5.74) is 2.95. The molecule has 3 aliphatic rings. The molecule has 1 unspecified atom stereocenters. The van der Waals surface area contributed by atoms with E-state index in [1.165, 1.54) is 0 Å². The summed E-state index contributed by atoms with van der Waals surface area (Å²) < 4.78 is 64.5. The summed E-state index contributed by atoms with van der Waals surface area (Å²) in [6.07, 6.45) is 0.453. The number of hydrogen-bond donors (Lipinski definition) is 0. The molecular formula is C33H28F4N4+2. The number of fused-ring (bicyclic) bond motifs is 6. The van der Waals surface area contributed by atoms with Crippen LogP contribution in [0.5, 0.6) is 0 Å². The zero-order chi connectivity index (χ0) is 28.7. The minimum absolute atomic E-state index is 0.275. The van der Waals surface area contributed by atoms with Crippen molar-refractivity contribution in [2.75, 3.05) is 0 Å². The third-order valence-corrected chi connectivity index (χ3v) is 10.1. The van der Waals surface area contributed by atoms with Gasteiger partial charge in [-0.15, -0.1) is 13.8 Å². The molecule has 2 aliphatic heterocycles. The van der Waals surface area contributed by atoms with Crippen LogP contribution in [0.2, 0.25) is 0 Å². The van der Waals surface area contributed by atoms with Crippen molar-refractivity contribution in [3.8, 4) is 22.6 Å². The van der Waals surface area contributed by atoms with Crippen molar-refractivity contribution in [2.24, 2.45) is 0 Å². The van der Waals surface area contributed by atoms with Crippen LogP contribution in [0.4, 0.5) is 17.6 Å². The maximum absolute atomic E-state index is 16.1. The van der Waals surface area contributed by atoms with Crippen LogP contribution in [0.1, 0.15) is 62.9 Å². The van der Waals surface area contributed by atoms with Gasteiger partial charge in [-0.25, -0.2) is 4.39 Å². The number of aromatic nitrogens is 4. The number of pyridine rings is 2. The number of alkyl halides is 3. The van der Waals surface area contributed by atoms with Crippen LogP contribution in [0.3, 0.4) is 0 Å². The van der Waals surface area contributed by atoms with E-state index in [0.29, 0.717) is 29.8 Å². The number of halogens is 4. The average molecular weight is 557 g/mol. The van der Waals surface area contributed by atoms with Crippen LogP contribution in [0, 0.1) is 5.82 Å². The van der Waals surface area contributed by atoms with Crippen molar-refractivity contribution in [1.82, 2.24) is 9.78 Å². The molecule has 0 N–H and O–H groups in total. The molecule has 0 amide bonds. The van der Waals surface area contributed by atoms with E-state index >= 15 is 4.39 Å². The maximum atomic E-state index is 16.1.